The number of hydrogen-bond acceptors (Lipinski definition) is 3. The first-order valence-corrected chi connectivity index (χ1v) is 6.10. The van der Waals surface area contributed by atoms with Crippen LogP contribution in [-0.4, -0.2) is 26.3 Å². The number of nitrogens with two attached hydrogens (primary N) is 1. The number of terminal acetylenes is 1. The van der Waals surface area contributed by atoms with Crippen molar-refractivity contribution in [3.05, 3.63) is 23.8 Å². The third-order valence-corrected chi connectivity index (χ3v) is 4.28. The normalized spacial score (nSPS) is 11.4. The molecule has 0 aliphatic heterocycles. The monoisotopic (exact) mass is 238 g/mol. The number of hydrogen-bond donors (Lipinski definition) is 1. The molecule has 0 bridgehead atoms. The van der Waals surface area contributed by atoms with Crippen molar-refractivity contribution in [1.29, 1.82) is 0 Å². The van der Waals surface area contributed by atoms with Gasteiger partial charge in [0, 0.05) is 12.7 Å². The van der Waals surface area contributed by atoms with Gasteiger partial charge in [0.2, 0.25) is 10.0 Å². The van der Waals surface area contributed by atoms with Gasteiger partial charge in [-0.1, -0.05) is 12.0 Å². The van der Waals surface area contributed by atoms with E-state index in [0.717, 1.165) is 4.31 Å². The second kappa shape index (κ2) is 4.56. The van der Waals surface area contributed by atoms with Gasteiger partial charge in [-0.3, -0.25) is 0 Å². The van der Waals surface area contributed by atoms with E-state index in [9.17, 15) is 8.42 Å². The zero-order valence-electron chi connectivity index (χ0n) is 9.27. The average Bonchev–Trinajstić information content (AvgIpc) is 2.22. The molecule has 1 rings (SSSR count). The molecule has 0 atom stereocenters. The molecular weight excluding hydrogens is 224 g/mol. The summed E-state index contributed by atoms with van der Waals surface area (Å²) in [5.74, 6) is 2.29. The second-order valence-corrected chi connectivity index (χ2v) is 5.45. The molecule has 0 aliphatic rings. The third-order valence-electron chi connectivity index (χ3n) is 2.33. The highest BCUT2D eigenvalue weighted by Crippen LogP contribution is 2.22. The molecular formula is C11H14N2O2S. The number of nitrogens with zero attached hydrogens (tertiary/aromatic N) is 1. The average molecular weight is 238 g/mol. The lowest BCUT2D eigenvalue weighted by Gasteiger charge is -2.16. The van der Waals surface area contributed by atoms with Gasteiger partial charge in [-0.15, -0.1) is 6.42 Å². The highest BCUT2D eigenvalue weighted by Gasteiger charge is 2.22. The van der Waals surface area contributed by atoms with Crippen LogP contribution < -0.4 is 5.73 Å². The maximum atomic E-state index is 12.1. The van der Waals surface area contributed by atoms with Gasteiger partial charge in [-0.25, -0.2) is 8.42 Å². The summed E-state index contributed by atoms with van der Waals surface area (Å²) in [6.07, 6.45) is 5.09. The van der Waals surface area contributed by atoms with Crippen molar-refractivity contribution in [2.45, 2.75) is 11.8 Å². The lowest BCUT2D eigenvalue weighted by Crippen LogP contribution is -2.28. The number of benzene rings is 1. The highest BCUT2D eigenvalue weighted by atomic mass is 32.2. The van der Waals surface area contributed by atoms with E-state index < -0.39 is 10.0 Å². The zero-order valence-corrected chi connectivity index (χ0v) is 10.1. The highest BCUT2D eigenvalue weighted by molar-refractivity contribution is 7.89. The van der Waals surface area contributed by atoms with E-state index in [4.69, 9.17) is 12.2 Å². The zero-order chi connectivity index (χ0) is 12.3. The molecule has 0 amide bonds. The number of anilines is 1. The molecule has 86 valence electrons. The number of nitrogen functional groups attached to an aromatic ring is 1. The van der Waals surface area contributed by atoms with Gasteiger partial charge in [-0.2, -0.15) is 4.31 Å². The molecule has 0 saturated heterocycles. The summed E-state index contributed by atoms with van der Waals surface area (Å²) >= 11 is 0. The van der Waals surface area contributed by atoms with E-state index in [-0.39, 0.29) is 11.4 Å². The summed E-state index contributed by atoms with van der Waals surface area (Å²) in [4.78, 5) is 0.199. The topological polar surface area (TPSA) is 63.4 Å². The molecule has 0 unspecified atom stereocenters. The van der Waals surface area contributed by atoms with Gasteiger partial charge in [-0.05, 0) is 24.6 Å². The van der Waals surface area contributed by atoms with Crippen LogP contribution in [0, 0.1) is 19.3 Å². The summed E-state index contributed by atoms with van der Waals surface area (Å²) in [7, 11) is -2.10. The minimum absolute atomic E-state index is 0.0383. The van der Waals surface area contributed by atoms with Crippen LogP contribution in [0.15, 0.2) is 23.1 Å². The van der Waals surface area contributed by atoms with Gasteiger partial charge in [0.25, 0.3) is 0 Å². The van der Waals surface area contributed by atoms with Crippen LogP contribution >= 0.6 is 0 Å². The molecule has 1 aromatic rings. The van der Waals surface area contributed by atoms with Crippen LogP contribution in [0.3, 0.4) is 0 Å². The first-order chi connectivity index (χ1) is 7.41. The van der Waals surface area contributed by atoms with Crippen LogP contribution in [0.1, 0.15) is 5.56 Å². The Labute approximate surface area is 96.1 Å². The molecule has 0 spiro atoms. The quantitative estimate of drug-likeness (QED) is 0.626. The van der Waals surface area contributed by atoms with Crippen molar-refractivity contribution in [3.8, 4) is 12.3 Å². The summed E-state index contributed by atoms with van der Waals surface area (Å²) in [6, 6.07) is 4.79. The third kappa shape index (κ3) is 2.18. The predicted molar refractivity (Wildman–Crippen MR) is 64.2 cm³/mol. The van der Waals surface area contributed by atoms with E-state index in [1.165, 1.54) is 13.1 Å². The molecule has 16 heavy (non-hydrogen) atoms. The Morgan fingerprint density at radius 3 is 2.69 bits per heavy atom. The predicted octanol–water partition coefficient (Wildman–Crippen LogP) is 0.831. The van der Waals surface area contributed by atoms with E-state index in [1.807, 2.05) is 0 Å². The Kier molecular flexibility index (Phi) is 3.58. The van der Waals surface area contributed by atoms with Crippen LogP contribution in [-0.2, 0) is 10.0 Å². The number of sulfonamides is 1. The largest absolute Gasteiger partial charge is 0.398 e. The minimum atomic E-state index is -3.54. The SMILES string of the molecule is C#CCN(C)S(=O)(=O)c1cccc(N)c1C. The molecule has 2 N–H and O–H groups in total. The van der Waals surface area contributed by atoms with Crippen molar-refractivity contribution < 1.29 is 8.42 Å². The van der Waals surface area contributed by atoms with Gasteiger partial charge >= 0.3 is 0 Å². The lowest BCUT2D eigenvalue weighted by atomic mass is 10.2. The Bertz CT molecular complexity index is 529. The maximum Gasteiger partial charge on any atom is 0.244 e. The van der Waals surface area contributed by atoms with E-state index in [2.05, 4.69) is 5.92 Å². The minimum Gasteiger partial charge on any atom is -0.398 e. The molecule has 1 aromatic carbocycles. The van der Waals surface area contributed by atoms with Gasteiger partial charge in [0.15, 0.2) is 0 Å². The Morgan fingerprint density at radius 2 is 2.12 bits per heavy atom. The first kappa shape index (κ1) is 12.6. The van der Waals surface area contributed by atoms with E-state index in [1.54, 1.807) is 19.1 Å². The van der Waals surface area contributed by atoms with Crippen LogP contribution in [0.2, 0.25) is 0 Å². The van der Waals surface area contributed by atoms with Gasteiger partial charge in [0.05, 0.1) is 11.4 Å². The molecule has 0 aliphatic carbocycles. The fourth-order valence-electron chi connectivity index (χ4n) is 1.29. The summed E-state index contributed by atoms with van der Waals surface area (Å²) in [6.45, 7) is 1.71. The first-order valence-electron chi connectivity index (χ1n) is 4.66. The number of rotatable bonds is 3. The van der Waals surface area contributed by atoms with Crippen molar-refractivity contribution in [2.75, 3.05) is 19.3 Å². The van der Waals surface area contributed by atoms with Crippen molar-refractivity contribution in [2.24, 2.45) is 0 Å². The Balaban J connectivity index is 3.29. The molecule has 0 saturated carbocycles. The van der Waals surface area contributed by atoms with Gasteiger partial charge in [0.1, 0.15) is 0 Å². The molecule has 5 heteroatoms. The molecule has 0 fully saturated rings. The fraction of sp³-hybridized carbons (Fsp3) is 0.273. The van der Waals surface area contributed by atoms with E-state index in [0.29, 0.717) is 11.3 Å². The van der Waals surface area contributed by atoms with Crippen LogP contribution in [0.5, 0.6) is 0 Å². The lowest BCUT2D eigenvalue weighted by molar-refractivity contribution is 0.502. The molecule has 0 radical (unpaired) electrons. The van der Waals surface area contributed by atoms with Crippen molar-refractivity contribution >= 4 is 15.7 Å². The second-order valence-electron chi connectivity index (χ2n) is 3.44. The Hall–Kier alpha value is -1.51. The Morgan fingerprint density at radius 1 is 1.50 bits per heavy atom. The summed E-state index contributed by atoms with van der Waals surface area (Å²) < 4.78 is 25.3. The fourth-order valence-corrected chi connectivity index (χ4v) is 2.63. The van der Waals surface area contributed by atoms with Crippen LogP contribution in [0.4, 0.5) is 5.69 Å². The van der Waals surface area contributed by atoms with Crippen LogP contribution in [0.25, 0.3) is 0 Å². The smallest absolute Gasteiger partial charge is 0.244 e. The maximum absolute atomic E-state index is 12.1. The van der Waals surface area contributed by atoms with Crippen molar-refractivity contribution in [3.63, 3.8) is 0 Å². The summed E-state index contributed by atoms with van der Waals surface area (Å²) in [5.41, 5.74) is 6.67. The summed E-state index contributed by atoms with van der Waals surface area (Å²) in [5, 5.41) is 0. The van der Waals surface area contributed by atoms with Gasteiger partial charge < -0.3 is 5.73 Å². The van der Waals surface area contributed by atoms with Crippen molar-refractivity contribution in [1.82, 2.24) is 4.31 Å². The molecule has 0 aromatic heterocycles. The molecule has 4 nitrogen and oxygen atoms in total. The molecule has 0 heterocycles. The van der Waals surface area contributed by atoms with E-state index >= 15 is 0 Å². The standard InChI is InChI=1S/C11H14N2O2S/c1-4-8-13(3)16(14,15)11-7-5-6-10(12)9(11)2/h1,5-7H,8,12H2,2-3H3.